The van der Waals surface area contributed by atoms with Crippen molar-refractivity contribution in [3.8, 4) is 0 Å². The molecule has 0 radical (unpaired) electrons. The summed E-state index contributed by atoms with van der Waals surface area (Å²) in [6.07, 6.45) is 0. The quantitative estimate of drug-likeness (QED) is 0.536. The largest absolute Gasteiger partial charge is 0.465 e. The van der Waals surface area contributed by atoms with Crippen LogP contribution in [0.5, 0.6) is 0 Å². The van der Waals surface area contributed by atoms with Gasteiger partial charge in [0.2, 0.25) is 0 Å². The highest BCUT2D eigenvalue weighted by Crippen LogP contribution is 2.32. The molecule has 0 saturated carbocycles. The Hall–Kier alpha value is -0.520. The number of ether oxygens (including phenoxy) is 1. The molecule has 0 saturated heterocycles. The summed E-state index contributed by atoms with van der Waals surface area (Å²) >= 11 is 14.2. The van der Waals surface area contributed by atoms with Gasteiger partial charge in [-0.15, -0.1) is 0 Å². The van der Waals surface area contributed by atoms with Crippen LogP contribution in [0.2, 0.25) is 10.0 Å². The molecule has 0 bridgehead atoms. The van der Waals surface area contributed by atoms with Crippen LogP contribution >= 0.6 is 45.8 Å². The van der Waals surface area contributed by atoms with Gasteiger partial charge in [-0.05, 0) is 46.9 Å². The second-order valence-electron chi connectivity index (χ2n) is 3.40. The van der Waals surface area contributed by atoms with Gasteiger partial charge in [-0.25, -0.2) is 4.79 Å². The van der Waals surface area contributed by atoms with E-state index >= 15 is 0 Å². The fraction of sp³-hybridized carbons (Fsp3) is 0.0833. The van der Waals surface area contributed by atoms with E-state index in [1.807, 2.05) is 6.07 Å². The Morgan fingerprint density at radius 3 is 2.24 bits per heavy atom. The average molecular weight is 381 g/mol. The van der Waals surface area contributed by atoms with E-state index in [-0.39, 0.29) is 5.97 Å². The van der Waals surface area contributed by atoms with Crippen LogP contribution < -0.4 is 0 Å². The van der Waals surface area contributed by atoms with Crippen molar-refractivity contribution in [3.05, 3.63) is 43.4 Å². The van der Waals surface area contributed by atoms with Gasteiger partial charge in [0.05, 0.1) is 12.7 Å². The first-order chi connectivity index (χ1) is 8.04. The Bertz CT molecular complexity index is 611. The van der Waals surface area contributed by atoms with Gasteiger partial charge in [0, 0.05) is 24.4 Å². The molecule has 17 heavy (non-hydrogen) atoms. The number of methoxy groups -OCH3 is 1. The number of hydrogen-bond acceptors (Lipinski definition) is 2. The molecular weight excluding hydrogens is 374 g/mol. The van der Waals surface area contributed by atoms with Crippen molar-refractivity contribution in [2.24, 2.45) is 0 Å². The molecule has 0 unspecified atom stereocenters. The Morgan fingerprint density at radius 1 is 1.18 bits per heavy atom. The number of carbonyl (C=O) groups is 1. The van der Waals surface area contributed by atoms with Crippen molar-refractivity contribution in [2.75, 3.05) is 7.11 Å². The van der Waals surface area contributed by atoms with Gasteiger partial charge >= 0.3 is 5.97 Å². The third kappa shape index (κ3) is 2.37. The van der Waals surface area contributed by atoms with Gasteiger partial charge < -0.3 is 4.74 Å². The fourth-order valence-corrected chi connectivity index (χ4v) is 2.69. The maximum Gasteiger partial charge on any atom is 0.338 e. The maximum atomic E-state index is 11.6. The van der Waals surface area contributed by atoms with Crippen LogP contribution in [0.4, 0.5) is 0 Å². The molecule has 0 fully saturated rings. The predicted octanol–water partition coefficient (Wildman–Crippen LogP) is 4.54. The van der Waals surface area contributed by atoms with Crippen LogP contribution in [0.3, 0.4) is 0 Å². The smallest absolute Gasteiger partial charge is 0.338 e. The molecule has 0 aromatic heterocycles. The van der Waals surface area contributed by atoms with E-state index in [9.17, 15) is 4.79 Å². The molecule has 0 aliphatic heterocycles. The first-order valence-corrected chi connectivity index (χ1v) is 6.53. The zero-order chi connectivity index (χ0) is 12.6. The molecule has 88 valence electrons. The fourth-order valence-electron chi connectivity index (χ4n) is 1.56. The first-order valence-electron chi connectivity index (χ1n) is 4.70. The predicted molar refractivity (Wildman–Crippen MR) is 78.0 cm³/mol. The maximum absolute atomic E-state index is 11.6. The molecule has 0 heterocycles. The Balaban J connectivity index is 2.80. The summed E-state index contributed by atoms with van der Waals surface area (Å²) in [5, 5.41) is 2.75. The summed E-state index contributed by atoms with van der Waals surface area (Å²) in [6.45, 7) is 0. The van der Waals surface area contributed by atoms with Crippen LogP contribution in [0.25, 0.3) is 10.8 Å². The van der Waals surface area contributed by atoms with Gasteiger partial charge in [-0.1, -0.05) is 23.2 Å². The Kier molecular flexibility index (Phi) is 3.80. The molecule has 2 aromatic carbocycles. The van der Waals surface area contributed by atoms with E-state index in [4.69, 9.17) is 27.9 Å². The lowest BCUT2D eigenvalue weighted by molar-refractivity contribution is 0.0599. The number of fused-ring (bicyclic) bond motifs is 1. The minimum Gasteiger partial charge on any atom is -0.465 e. The average Bonchev–Trinajstić information content (AvgIpc) is 2.32. The second-order valence-corrected chi connectivity index (χ2v) is 5.38. The zero-order valence-electron chi connectivity index (χ0n) is 8.76. The standard InChI is InChI=1S/C12H7Cl2IO2/c1-17-12(16)8-4-6-7(5-11(8)15)10(14)3-2-9(6)13/h2-5H,1H3. The molecule has 0 aliphatic rings. The third-order valence-electron chi connectivity index (χ3n) is 2.40. The lowest BCUT2D eigenvalue weighted by atomic mass is 10.1. The second kappa shape index (κ2) is 5.00. The van der Waals surface area contributed by atoms with Crippen molar-refractivity contribution < 1.29 is 9.53 Å². The van der Waals surface area contributed by atoms with Crippen molar-refractivity contribution in [1.82, 2.24) is 0 Å². The summed E-state index contributed by atoms with van der Waals surface area (Å²) in [5.74, 6) is -0.382. The minimum absolute atomic E-state index is 0.382. The summed E-state index contributed by atoms with van der Waals surface area (Å²) in [4.78, 5) is 11.6. The summed E-state index contributed by atoms with van der Waals surface area (Å²) < 4.78 is 5.50. The lowest BCUT2D eigenvalue weighted by Crippen LogP contribution is -2.03. The molecule has 0 N–H and O–H groups in total. The van der Waals surface area contributed by atoms with Gasteiger partial charge in [0.1, 0.15) is 0 Å². The van der Waals surface area contributed by atoms with E-state index in [2.05, 4.69) is 22.6 Å². The van der Waals surface area contributed by atoms with Crippen molar-refractivity contribution in [3.63, 3.8) is 0 Å². The Labute approximate surface area is 122 Å². The summed E-state index contributed by atoms with van der Waals surface area (Å²) in [5.41, 5.74) is 0.491. The van der Waals surface area contributed by atoms with Gasteiger partial charge in [0.25, 0.3) is 0 Å². The van der Waals surface area contributed by atoms with Crippen molar-refractivity contribution >= 4 is 62.5 Å². The highest BCUT2D eigenvalue weighted by atomic mass is 127. The highest BCUT2D eigenvalue weighted by molar-refractivity contribution is 14.1. The van der Waals surface area contributed by atoms with E-state index in [0.717, 1.165) is 14.3 Å². The summed E-state index contributed by atoms with van der Waals surface area (Å²) in [6, 6.07) is 6.98. The third-order valence-corrected chi connectivity index (χ3v) is 3.95. The van der Waals surface area contributed by atoms with Crippen LogP contribution in [0, 0.1) is 3.57 Å². The molecule has 0 amide bonds. The van der Waals surface area contributed by atoms with Crippen molar-refractivity contribution in [2.45, 2.75) is 0 Å². The van der Waals surface area contributed by atoms with Crippen LogP contribution in [-0.2, 0) is 4.74 Å². The van der Waals surface area contributed by atoms with Gasteiger partial charge in [-0.2, -0.15) is 0 Å². The number of benzene rings is 2. The van der Waals surface area contributed by atoms with E-state index in [1.165, 1.54) is 7.11 Å². The van der Waals surface area contributed by atoms with Crippen LogP contribution in [0.1, 0.15) is 10.4 Å². The van der Waals surface area contributed by atoms with Crippen molar-refractivity contribution in [1.29, 1.82) is 0 Å². The number of hydrogen-bond donors (Lipinski definition) is 0. The lowest BCUT2D eigenvalue weighted by Gasteiger charge is -2.08. The highest BCUT2D eigenvalue weighted by Gasteiger charge is 2.14. The molecule has 0 spiro atoms. The topological polar surface area (TPSA) is 26.3 Å². The van der Waals surface area contributed by atoms with Gasteiger partial charge in [-0.3, -0.25) is 0 Å². The normalized spacial score (nSPS) is 10.6. The Morgan fingerprint density at radius 2 is 1.71 bits per heavy atom. The first kappa shape index (κ1) is 12.9. The SMILES string of the molecule is COC(=O)c1cc2c(Cl)ccc(Cl)c2cc1I. The minimum atomic E-state index is -0.382. The molecule has 0 atom stereocenters. The monoisotopic (exact) mass is 380 g/mol. The molecule has 5 heteroatoms. The van der Waals surface area contributed by atoms with Crippen LogP contribution in [0.15, 0.2) is 24.3 Å². The summed E-state index contributed by atoms with van der Waals surface area (Å²) in [7, 11) is 1.35. The molecule has 2 rings (SSSR count). The molecule has 2 aromatic rings. The van der Waals surface area contributed by atoms with E-state index in [1.54, 1.807) is 18.2 Å². The zero-order valence-corrected chi connectivity index (χ0v) is 12.4. The number of carbonyl (C=O) groups excluding carboxylic acids is 1. The van der Waals surface area contributed by atoms with E-state index < -0.39 is 0 Å². The molecule has 0 aliphatic carbocycles. The number of rotatable bonds is 1. The molecular formula is C12H7Cl2IO2. The number of esters is 1. The number of halogens is 3. The van der Waals surface area contributed by atoms with Crippen LogP contribution in [-0.4, -0.2) is 13.1 Å². The molecule has 2 nitrogen and oxygen atoms in total. The van der Waals surface area contributed by atoms with E-state index in [0.29, 0.717) is 15.6 Å². The van der Waals surface area contributed by atoms with Gasteiger partial charge in [0.15, 0.2) is 0 Å².